The lowest BCUT2D eigenvalue weighted by molar-refractivity contribution is 0.0949. The van der Waals surface area contributed by atoms with Gasteiger partial charge in [-0.2, -0.15) is 5.26 Å². The summed E-state index contributed by atoms with van der Waals surface area (Å²) in [5.41, 5.74) is 4.65. The van der Waals surface area contributed by atoms with Gasteiger partial charge < -0.3 is 10.6 Å². The highest BCUT2D eigenvalue weighted by molar-refractivity contribution is 7.17. The van der Waals surface area contributed by atoms with Gasteiger partial charge in [-0.1, -0.05) is 12.1 Å². The van der Waals surface area contributed by atoms with E-state index in [1.807, 2.05) is 38.1 Å². The molecule has 1 aromatic heterocycles. The summed E-state index contributed by atoms with van der Waals surface area (Å²) in [6, 6.07) is 17.0. The van der Waals surface area contributed by atoms with Crippen molar-refractivity contribution < 1.29 is 9.59 Å². The van der Waals surface area contributed by atoms with Crippen molar-refractivity contribution in [2.24, 2.45) is 0 Å². The molecule has 6 heteroatoms. The summed E-state index contributed by atoms with van der Waals surface area (Å²) < 4.78 is 0. The number of benzene rings is 2. The van der Waals surface area contributed by atoms with Gasteiger partial charge >= 0.3 is 0 Å². The second kappa shape index (κ2) is 8.13. The molecule has 1 saturated carbocycles. The molecule has 0 saturated heterocycles. The summed E-state index contributed by atoms with van der Waals surface area (Å²) in [5.74, 6) is -0.331. The Kier molecular flexibility index (Phi) is 5.39. The summed E-state index contributed by atoms with van der Waals surface area (Å²) >= 11 is 1.38. The van der Waals surface area contributed by atoms with Gasteiger partial charge in [-0.3, -0.25) is 9.59 Å². The van der Waals surface area contributed by atoms with Gasteiger partial charge in [0.15, 0.2) is 0 Å². The fourth-order valence-electron chi connectivity index (χ4n) is 3.14. The first kappa shape index (κ1) is 19.9. The molecule has 0 atom stereocenters. The number of amides is 2. The molecular formula is C24H21N3O2S. The first-order valence-corrected chi connectivity index (χ1v) is 10.6. The Balaban J connectivity index is 1.54. The smallest absolute Gasteiger partial charge is 0.265 e. The van der Waals surface area contributed by atoms with Crippen molar-refractivity contribution in [1.82, 2.24) is 5.32 Å². The Hall–Kier alpha value is -3.43. The van der Waals surface area contributed by atoms with E-state index in [2.05, 4.69) is 16.7 Å². The SMILES string of the molecule is Cc1ccc(C(=O)NC2CC2)cc1NC(=O)c1ccc(-c2cc(C#N)ccc2C)s1. The quantitative estimate of drug-likeness (QED) is 0.612. The molecule has 30 heavy (non-hydrogen) atoms. The number of aryl methyl sites for hydroxylation is 2. The van der Waals surface area contributed by atoms with Crippen molar-refractivity contribution in [3.05, 3.63) is 75.7 Å². The van der Waals surface area contributed by atoms with E-state index in [4.69, 9.17) is 5.26 Å². The number of nitriles is 1. The molecular weight excluding hydrogens is 394 g/mol. The minimum Gasteiger partial charge on any atom is -0.349 e. The van der Waals surface area contributed by atoms with Crippen LogP contribution in [-0.4, -0.2) is 17.9 Å². The summed E-state index contributed by atoms with van der Waals surface area (Å²) in [6.45, 7) is 3.88. The average molecular weight is 416 g/mol. The predicted octanol–water partition coefficient (Wildman–Crippen LogP) is 5.05. The van der Waals surface area contributed by atoms with Crippen molar-refractivity contribution in [3.8, 4) is 16.5 Å². The third-order valence-electron chi connectivity index (χ3n) is 5.12. The zero-order chi connectivity index (χ0) is 21.3. The van der Waals surface area contributed by atoms with Crippen LogP contribution in [0.4, 0.5) is 5.69 Å². The van der Waals surface area contributed by atoms with Gasteiger partial charge in [-0.15, -0.1) is 11.3 Å². The Morgan fingerprint density at radius 1 is 1.00 bits per heavy atom. The molecule has 1 aliphatic rings. The number of hydrogen-bond acceptors (Lipinski definition) is 4. The van der Waals surface area contributed by atoms with Gasteiger partial charge in [0.05, 0.1) is 16.5 Å². The third kappa shape index (κ3) is 4.27. The lowest BCUT2D eigenvalue weighted by Gasteiger charge is -2.10. The maximum atomic E-state index is 12.8. The number of rotatable bonds is 5. The van der Waals surface area contributed by atoms with E-state index in [9.17, 15) is 9.59 Å². The topological polar surface area (TPSA) is 82.0 Å². The van der Waals surface area contributed by atoms with Crippen molar-refractivity contribution >= 4 is 28.8 Å². The Bertz CT molecular complexity index is 1190. The highest BCUT2D eigenvalue weighted by atomic mass is 32.1. The number of hydrogen-bond donors (Lipinski definition) is 2. The summed E-state index contributed by atoms with van der Waals surface area (Å²) in [5, 5.41) is 15.1. The van der Waals surface area contributed by atoms with Gasteiger partial charge in [0, 0.05) is 22.2 Å². The molecule has 0 spiro atoms. The van der Waals surface area contributed by atoms with Gasteiger partial charge in [-0.25, -0.2) is 0 Å². The minimum absolute atomic E-state index is 0.112. The molecule has 150 valence electrons. The fourth-order valence-corrected chi connectivity index (χ4v) is 4.12. The summed E-state index contributed by atoms with van der Waals surface area (Å²) in [6.07, 6.45) is 2.05. The van der Waals surface area contributed by atoms with E-state index in [1.54, 1.807) is 24.3 Å². The van der Waals surface area contributed by atoms with E-state index < -0.39 is 0 Å². The second-order valence-corrected chi connectivity index (χ2v) is 8.62. The average Bonchev–Trinajstić information content (AvgIpc) is 3.41. The van der Waals surface area contributed by atoms with Crippen LogP contribution < -0.4 is 10.6 Å². The molecule has 2 N–H and O–H groups in total. The van der Waals surface area contributed by atoms with Crippen molar-refractivity contribution in [3.63, 3.8) is 0 Å². The molecule has 3 aromatic rings. The molecule has 2 amide bonds. The van der Waals surface area contributed by atoms with Crippen LogP contribution in [-0.2, 0) is 0 Å². The summed E-state index contributed by atoms with van der Waals surface area (Å²) in [4.78, 5) is 26.7. The Morgan fingerprint density at radius 2 is 1.77 bits per heavy atom. The van der Waals surface area contributed by atoms with Gasteiger partial charge in [0.25, 0.3) is 11.8 Å². The maximum Gasteiger partial charge on any atom is 0.265 e. The third-order valence-corrected chi connectivity index (χ3v) is 6.24. The van der Waals surface area contributed by atoms with Gasteiger partial charge in [0.2, 0.25) is 0 Å². The standard InChI is InChI=1S/C24H21N3O2S/c1-14-3-5-16(13-25)11-19(14)21-9-10-22(30-21)24(29)27-20-12-17(6-4-15(20)2)23(28)26-18-7-8-18/h3-6,9-12,18H,7-8H2,1-2H3,(H,26,28)(H,27,29). The minimum atomic E-state index is -0.219. The first-order valence-electron chi connectivity index (χ1n) is 9.78. The lowest BCUT2D eigenvalue weighted by atomic mass is 10.0. The van der Waals surface area contributed by atoms with E-state index in [0.717, 1.165) is 34.4 Å². The number of nitrogens with zero attached hydrogens (tertiary/aromatic N) is 1. The van der Waals surface area contributed by atoms with Crippen molar-refractivity contribution in [2.45, 2.75) is 32.7 Å². The van der Waals surface area contributed by atoms with E-state index in [-0.39, 0.29) is 17.9 Å². The molecule has 0 bridgehead atoms. The van der Waals surface area contributed by atoms with Crippen LogP contribution in [0.3, 0.4) is 0 Å². The lowest BCUT2D eigenvalue weighted by Crippen LogP contribution is -2.25. The number of nitrogens with one attached hydrogen (secondary N) is 2. The highest BCUT2D eigenvalue weighted by Gasteiger charge is 2.24. The van der Waals surface area contributed by atoms with Crippen LogP contribution in [0, 0.1) is 25.2 Å². The molecule has 0 radical (unpaired) electrons. The van der Waals surface area contributed by atoms with E-state index in [0.29, 0.717) is 21.7 Å². The van der Waals surface area contributed by atoms with Crippen molar-refractivity contribution in [2.75, 3.05) is 5.32 Å². The van der Waals surface area contributed by atoms with Crippen molar-refractivity contribution in [1.29, 1.82) is 5.26 Å². The zero-order valence-corrected chi connectivity index (χ0v) is 17.6. The van der Waals surface area contributed by atoms with Crippen LogP contribution in [0.1, 0.15) is 49.6 Å². The normalized spacial score (nSPS) is 12.8. The van der Waals surface area contributed by atoms with Crippen LogP contribution in [0.5, 0.6) is 0 Å². The number of anilines is 1. The van der Waals surface area contributed by atoms with Crippen LogP contribution in [0.25, 0.3) is 10.4 Å². The number of carbonyl (C=O) groups is 2. The predicted molar refractivity (Wildman–Crippen MR) is 119 cm³/mol. The Morgan fingerprint density at radius 3 is 2.50 bits per heavy atom. The van der Waals surface area contributed by atoms with E-state index in [1.165, 1.54) is 11.3 Å². The molecule has 1 fully saturated rings. The number of carbonyl (C=O) groups excluding carboxylic acids is 2. The largest absolute Gasteiger partial charge is 0.349 e. The van der Waals surface area contributed by atoms with E-state index >= 15 is 0 Å². The zero-order valence-electron chi connectivity index (χ0n) is 16.8. The van der Waals surface area contributed by atoms with Crippen LogP contribution >= 0.6 is 11.3 Å². The number of thiophene rings is 1. The summed E-state index contributed by atoms with van der Waals surface area (Å²) in [7, 11) is 0. The van der Waals surface area contributed by atoms with Crippen LogP contribution in [0.2, 0.25) is 0 Å². The molecule has 0 aliphatic heterocycles. The molecule has 0 unspecified atom stereocenters. The maximum absolute atomic E-state index is 12.8. The molecule has 1 heterocycles. The highest BCUT2D eigenvalue weighted by Crippen LogP contribution is 2.32. The second-order valence-electron chi connectivity index (χ2n) is 7.54. The molecule has 2 aromatic carbocycles. The van der Waals surface area contributed by atoms with Gasteiger partial charge in [-0.05, 0) is 79.8 Å². The van der Waals surface area contributed by atoms with Gasteiger partial charge in [0.1, 0.15) is 0 Å². The van der Waals surface area contributed by atoms with Crippen LogP contribution in [0.15, 0.2) is 48.5 Å². The monoisotopic (exact) mass is 415 g/mol. The fraction of sp³-hybridized carbons (Fsp3) is 0.208. The Labute approximate surface area is 179 Å². The molecule has 5 nitrogen and oxygen atoms in total. The molecule has 4 rings (SSSR count). The first-order chi connectivity index (χ1) is 14.4. The molecule has 1 aliphatic carbocycles.